The van der Waals surface area contributed by atoms with Crippen LogP contribution in [0.15, 0.2) is 205 Å². The third-order valence-electron chi connectivity index (χ3n) is 10.8. The molecule has 0 radical (unpaired) electrons. The number of benzene rings is 8. The Morgan fingerprint density at radius 1 is 0.357 bits per heavy atom. The van der Waals surface area contributed by atoms with E-state index in [1.807, 2.05) is 48.5 Å². The van der Waals surface area contributed by atoms with E-state index in [0.717, 1.165) is 83.5 Å². The molecule has 0 atom stereocenters. The summed E-state index contributed by atoms with van der Waals surface area (Å²) in [5.41, 5.74) is 14.6. The summed E-state index contributed by atoms with van der Waals surface area (Å²) in [6.07, 6.45) is 0. The summed E-state index contributed by atoms with van der Waals surface area (Å²) in [7, 11) is 0. The monoisotopic (exact) mass is 715 g/mol. The van der Waals surface area contributed by atoms with E-state index < -0.39 is 0 Å². The molecule has 0 bridgehead atoms. The maximum atomic E-state index is 6.37. The van der Waals surface area contributed by atoms with E-state index in [2.05, 4.69) is 156 Å². The zero-order valence-electron chi connectivity index (χ0n) is 30.3. The van der Waals surface area contributed by atoms with Crippen molar-refractivity contribution in [2.45, 2.75) is 0 Å². The summed E-state index contributed by atoms with van der Waals surface area (Å²) in [5.74, 6) is 0.709. The quantitative estimate of drug-likeness (QED) is 0.172. The number of aromatic nitrogens is 3. The number of para-hydroxylation sites is 3. The molecule has 0 aliphatic carbocycles. The second-order valence-electron chi connectivity index (χ2n) is 14.2. The number of rotatable bonds is 6. The van der Waals surface area contributed by atoms with Gasteiger partial charge in [0.2, 0.25) is 0 Å². The van der Waals surface area contributed by atoms with Gasteiger partial charge in [0.1, 0.15) is 11.2 Å². The molecule has 0 aliphatic rings. The van der Waals surface area contributed by atoms with Crippen LogP contribution < -0.4 is 0 Å². The molecule has 11 rings (SSSR count). The van der Waals surface area contributed by atoms with Crippen molar-refractivity contribution >= 4 is 43.7 Å². The SMILES string of the molecule is c1ccc(-c2cc(-c3cccc(-c4ccc5c(c4)c4ccccc4n5-c4ccc(-c5cccc6c5oc5ccccc56)cc4)c3)nc(-c3ccccc3)n2)cc1. The zero-order valence-corrected chi connectivity index (χ0v) is 30.3. The van der Waals surface area contributed by atoms with E-state index in [1.165, 1.54) is 16.3 Å². The first-order valence-corrected chi connectivity index (χ1v) is 18.9. The molecule has 4 heteroatoms. The van der Waals surface area contributed by atoms with Crippen molar-refractivity contribution in [3.8, 4) is 61.8 Å². The molecular formula is C52H33N3O. The fraction of sp³-hybridized carbons (Fsp3) is 0. The molecule has 0 fully saturated rings. The minimum atomic E-state index is 0.709. The maximum absolute atomic E-state index is 6.37. The molecule has 4 nitrogen and oxygen atoms in total. The first kappa shape index (κ1) is 31.9. The third kappa shape index (κ3) is 5.39. The van der Waals surface area contributed by atoms with Gasteiger partial charge in [0.25, 0.3) is 0 Å². The Morgan fingerprint density at radius 2 is 0.946 bits per heavy atom. The second-order valence-corrected chi connectivity index (χ2v) is 14.2. The summed E-state index contributed by atoms with van der Waals surface area (Å²) >= 11 is 0. The Bertz CT molecular complexity index is 3170. The van der Waals surface area contributed by atoms with E-state index in [-0.39, 0.29) is 0 Å². The largest absolute Gasteiger partial charge is 0.455 e. The summed E-state index contributed by atoms with van der Waals surface area (Å²) < 4.78 is 8.74. The highest BCUT2D eigenvalue weighted by Gasteiger charge is 2.16. The minimum Gasteiger partial charge on any atom is -0.455 e. The van der Waals surface area contributed by atoms with Gasteiger partial charge in [0.15, 0.2) is 5.82 Å². The van der Waals surface area contributed by atoms with E-state index in [4.69, 9.17) is 14.4 Å². The summed E-state index contributed by atoms with van der Waals surface area (Å²) in [6.45, 7) is 0. The number of furan rings is 1. The lowest BCUT2D eigenvalue weighted by molar-refractivity contribution is 0.670. The van der Waals surface area contributed by atoms with Gasteiger partial charge in [0, 0.05) is 49.5 Å². The van der Waals surface area contributed by atoms with Crippen LogP contribution in [0.2, 0.25) is 0 Å². The lowest BCUT2D eigenvalue weighted by atomic mass is 9.99. The van der Waals surface area contributed by atoms with Crippen LogP contribution in [0.5, 0.6) is 0 Å². The minimum absolute atomic E-state index is 0.709. The van der Waals surface area contributed by atoms with Gasteiger partial charge in [-0.05, 0) is 65.2 Å². The first-order valence-electron chi connectivity index (χ1n) is 18.9. The number of hydrogen-bond acceptors (Lipinski definition) is 3. The predicted molar refractivity (Wildman–Crippen MR) is 231 cm³/mol. The molecule has 8 aromatic carbocycles. The Balaban J connectivity index is 0.990. The van der Waals surface area contributed by atoms with E-state index in [0.29, 0.717) is 5.82 Å². The van der Waals surface area contributed by atoms with Crippen LogP contribution in [0.3, 0.4) is 0 Å². The van der Waals surface area contributed by atoms with Gasteiger partial charge in [-0.3, -0.25) is 0 Å². The Kier molecular flexibility index (Phi) is 7.46. The van der Waals surface area contributed by atoms with Gasteiger partial charge in [0.05, 0.1) is 22.4 Å². The van der Waals surface area contributed by atoms with Gasteiger partial charge in [-0.1, -0.05) is 152 Å². The molecule has 0 spiro atoms. The van der Waals surface area contributed by atoms with Gasteiger partial charge in [-0.25, -0.2) is 9.97 Å². The molecule has 0 unspecified atom stereocenters. The Hall–Kier alpha value is -7.56. The van der Waals surface area contributed by atoms with Crippen molar-refractivity contribution in [3.63, 3.8) is 0 Å². The molecule has 0 saturated heterocycles. The average molecular weight is 716 g/mol. The van der Waals surface area contributed by atoms with E-state index in [1.54, 1.807) is 0 Å². The van der Waals surface area contributed by atoms with E-state index >= 15 is 0 Å². The number of fused-ring (bicyclic) bond motifs is 6. The molecule has 0 aliphatic heterocycles. The standard InChI is InChI=1S/C52H33N3O/c1-3-13-35(14-4-1)46-33-47(54-52(53-46)36-15-5-2-6-16-36)39-18-11-17-37(31-39)38-27-30-49-45(32-38)42-19-7-9-23-48(42)55(49)40-28-25-34(26-29-40)41-21-12-22-44-43-20-8-10-24-50(43)56-51(41)44/h1-33H. The molecule has 56 heavy (non-hydrogen) atoms. The molecule has 0 amide bonds. The number of nitrogens with zero attached hydrogens (tertiary/aromatic N) is 3. The first-order chi connectivity index (χ1) is 27.7. The van der Waals surface area contributed by atoms with Crippen LogP contribution >= 0.6 is 0 Å². The third-order valence-corrected chi connectivity index (χ3v) is 10.8. The van der Waals surface area contributed by atoms with Gasteiger partial charge >= 0.3 is 0 Å². The Morgan fingerprint density at radius 3 is 1.77 bits per heavy atom. The molecule has 3 heterocycles. The molecular weight excluding hydrogens is 683 g/mol. The van der Waals surface area contributed by atoms with Crippen molar-refractivity contribution in [2.75, 3.05) is 0 Å². The highest BCUT2D eigenvalue weighted by atomic mass is 16.3. The van der Waals surface area contributed by atoms with Crippen molar-refractivity contribution in [1.29, 1.82) is 0 Å². The number of hydrogen-bond donors (Lipinski definition) is 0. The normalized spacial score (nSPS) is 11.6. The summed E-state index contributed by atoms with van der Waals surface area (Å²) in [6, 6.07) is 70.3. The lowest BCUT2D eigenvalue weighted by Crippen LogP contribution is -1.96. The van der Waals surface area contributed by atoms with E-state index in [9.17, 15) is 0 Å². The highest BCUT2D eigenvalue weighted by Crippen LogP contribution is 2.39. The maximum Gasteiger partial charge on any atom is 0.160 e. The highest BCUT2D eigenvalue weighted by molar-refractivity contribution is 6.11. The van der Waals surface area contributed by atoms with Crippen molar-refractivity contribution in [2.24, 2.45) is 0 Å². The van der Waals surface area contributed by atoms with Crippen molar-refractivity contribution in [1.82, 2.24) is 14.5 Å². The topological polar surface area (TPSA) is 43.9 Å². The molecule has 0 saturated carbocycles. The van der Waals surface area contributed by atoms with Crippen LogP contribution in [0.25, 0.3) is 106 Å². The van der Waals surface area contributed by atoms with Gasteiger partial charge in [-0.15, -0.1) is 0 Å². The fourth-order valence-corrected chi connectivity index (χ4v) is 8.12. The Labute approximate surface area is 323 Å². The van der Waals surface area contributed by atoms with Gasteiger partial charge < -0.3 is 8.98 Å². The predicted octanol–water partition coefficient (Wildman–Crippen LogP) is 13.8. The average Bonchev–Trinajstić information content (AvgIpc) is 3.83. The van der Waals surface area contributed by atoms with Crippen molar-refractivity contribution < 1.29 is 4.42 Å². The van der Waals surface area contributed by atoms with Crippen molar-refractivity contribution in [3.05, 3.63) is 200 Å². The second kappa shape index (κ2) is 13.1. The molecule has 11 aromatic rings. The van der Waals surface area contributed by atoms with Crippen LogP contribution in [-0.2, 0) is 0 Å². The zero-order chi connectivity index (χ0) is 37.0. The molecule has 0 N–H and O–H groups in total. The van der Waals surface area contributed by atoms with Crippen LogP contribution in [0, 0.1) is 0 Å². The molecule has 3 aromatic heterocycles. The molecule has 262 valence electrons. The summed E-state index contributed by atoms with van der Waals surface area (Å²) in [4.78, 5) is 10.1. The van der Waals surface area contributed by atoms with Crippen LogP contribution in [-0.4, -0.2) is 14.5 Å². The van der Waals surface area contributed by atoms with Crippen LogP contribution in [0.4, 0.5) is 0 Å². The van der Waals surface area contributed by atoms with Gasteiger partial charge in [-0.2, -0.15) is 0 Å². The van der Waals surface area contributed by atoms with Crippen LogP contribution in [0.1, 0.15) is 0 Å². The summed E-state index contributed by atoms with van der Waals surface area (Å²) in [5, 5.41) is 4.70. The smallest absolute Gasteiger partial charge is 0.160 e. The lowest BCUT2D eigenvalue weighted by Gasteiger charge is -2.11. The fourth-order valence-electron chi connectivity index (χ4n) is 8.12.